The van der Waals surface area contributed by atoms with E-state index in [4.69, 9.17) is 17.2 Å². The molecule has 10 atom stereocenters. The Morgan fingerprint density at radius 3 is 1.78 bits per heavy atom. The Bertz CT molecular complexity index is 2330. The first-order valence-electron chi connectivity index (χ1n) is 25.8. The summed E-state index contributed by atoms with van der Waals surface area (Å²) in [6.07, 6.45) is 3.01. The number of hydrogen-bond donors (Lipinski definition) is 16. The van der Waals surface area contributed by atoms with Crippen molar-refractivity contribution in [3.8, 4) is 0 Å². The van der Waals surface area contributed by atoms with E-state index >= 15 is 0 Å². The molecule has 2 rings (SSSR count). The van der Waals surface area contributed by atoms with Crippen LogP contribution in [-0.2, 0) is 65.6 Å². The molecule has 0 bridgehead atoms. The lowest BCUT2D eigenvalue weighted by atomic mass is 10.0. The number of benzene rings is 1. The highest BCUT2D eigenvalue weighted by atomic mass is 32.2. The normalized spacial score (nSPS) is 15.0. The third-order valence-corrected chi connectivity index (χ3v) is 12.7. The first kappa shape index (κ1) is 67.9. The number of aliphatic carboxylic acids is 1. The van der Waals surface area contributed by atoms with Gasteiger partial charge in [-0.2, -0.15) is 11.8 Å². The van der Waals surface area contributed by atoms with E-state index in [0.29, 0.717) is 29.9 Å². The molecule has 10 amide bonds. The number of carboxylic acids is 1. The van der Waals surface area contributed by atoms with Crippen LogP contribution in [-0.4, -0.2) is 183 Å². The maximum atomic E-state index is 14.1. The fourth-order valence-corrected chi connectivity index (χ4v) is 8.15. The highest BCUT2D eigenvalue weighted by Gasteiger charge is 2.36. The van der Waals surface area contributed by atoms with Crippen LogP contribution in [0.1, 0.15) is 84.4 Å². The number of carbonyl (C=O) groups is 11. The zero-order chi connectivity index (χ0) is 59.4. The first-order valence-corrected chi connectivity index (χ1v) is 27.2. The second-order valence-corrected chi connectivity index (χ2v) is 20.5. The number of primary amides is 1. The van der Waals surface area contributed by atoms with Crippen molar-refractivity contribution in [3.05, 3.63) is 54.1 Å². The number of aromatic nitrogens is 2. The number of hydrogen-bond acceptors (Lipinski definition) is 17. The highest BCUT2D eigenvalue weighted by molar-refractivity contribution is 7.98. The van der Waals surface area contributed by atoms with Gasteiger partial charge in [0.2, 0.25) is 59.1 Å². The number of nitrogens with one attached hydrogen (secondary N) is 10. The number of aromatic amines is 1. The Labute approximate surface area is 462 Å². The molecule has 28 nitrogen and oxygen atoms in total. The van der Waals surface area contributed by atoms with Crippen LogP contribution in [0.5, 0.6) is 0 Å². The monoisotopic (exact) mass is 1130 g/mol. The fourth-order valence-electron chi connectivity index (χ4n) is 7.68. The molecule has 0 spiro atoms. The number of nitrogens with zero attached hydrogens (tertiary/aromatic N) is 1. The van der Waals surface area contributed by atoms with Crippen LogP contribution in [0.4, 0.5) is 0 Å². The molecule has 440 valence electrons. The van der Waals surface area contributed by atoms with Gasteiger partial charge in [0.1, 0.15) is 48.3 Å². The highest BCUT2D eigenvalue weighted by Crippen LogP contribution is 2.11. The van der Waals surface area contributed by atoms with Crippen LogP contribution < -0.4 is 65.1 Å². The summed E-state index contributed by atoms with van der Waals surface area (Å²) in [6.45, 7) is 6.44. The number of carbonyl (C=O) groups excluding carboxylic acids is 10. The minimum absolute atomic E-state index is 0.0288. The van der Waals surface area contributed by atoms with Gasteiger partial charge in [-0.3, -0.25) is 52.7 Å². The van der Waals surface area contributed by atoms with Gasteiger partial charge in [0.15, 0.2) is 0 Å². The van der Waals surface area contributed by atoms with E-state index in [0.717, 1.165) is 6.92 Å². The topological polar surface area (TPSA) is 463 Å². The predicted octanol–water partition coefficient (Wildman–Crippen LogP) is -4.57. The number of carboxylic acid groups (broad SMARTS) is 1. The minimum atomic E-state index is -2.00. The van der Waals surface area contributed by atoms with Crippen molar-refractivity contribution in [1.29, 1.82) is 0 Å². The Kier molecular flexibility index (Phi) is 30.4. The minimum Gasteiger partial charge on any atom is -0.481 e. The van der Waals surface area contributed by atoms with Crippen LogP contribution in [0, 0.1) is 11.8 Å². The maximum absolute atomic E-state index is 14.1. The van der Waals surface area contributed by atoms with Crippen LogP contribution in [0.15, 0.2) is 42.9 Å². The average molecular weight is 1130 g/mol. The number of rotatable bonds is 37. The molecule has 0 saturated heterocycles. The molecule has 0 unspecified atom stereocenters. The molecule has 0 radical (unpaired) electrons. The lowest BCUT2D eigenvalue weighted by molar-refractivity contribution is -0.142. The summed E-state index contributed by atoms with van der Waals surface area (Å²) in [5.41, 5.74) is 18.2. The Morgan fingerprint density at radius 2 is 1.23 bits per heavy atom. The molecule has 1 aromatic carbocycles. The first-order chi connectivity index (χ1) is 37.3. The van der Waals surface area contributed by atoms with E-state index in [-0.39, 0.29) is 44.6 Å². The predicted molar refractivity (Wildman–Crippen MR) is 289 cm³/mol. The van der Waals surface area contributed by atoms with Crippen molar-refractivity contribution in [2.45, 2.75) is 146 Å². The molecule has 79 heavy (non-hydrogen) atoms. The van der Waals surface area contributed by atoms with Crippen LogP contribution in [0.2, 0.25) is 0 Å². The fraction of sp³-hybridized carbons (Fsp3) is 0.600. The zero-order valence-electron chi connectivity index (χ0n) is 45.4. The Hall–Kier alpha value is -7.21. The molecular weight excluding hydrogens is 1050 g/mol. The SMILES string of the molecule is CSCC[C@@H](NC(=O)[C@@H](CC(C)C)NC(=O)CNC(=O)[C@H](NC(=O)[C@H](Cc1ccccc1)NC(=O)[C@@H](CO)NC(=O)[C@H](CC(=O)O)NC(=O)[C@@H](NC(=O)[C@@H](CCCCN)NC(=O)[C@H](N)Cc1cnc[nH]1)[C@@H](C)O)C(C)C)C(N)=O. The summed E-state index contributed by atoms with van der Waals surface area (Å²) in [5, 5.41) is 52.5. The van der Waals surface area contributed by atoms with Crippen LogP contribution in [0.3, 0.4) is 0 Å². The molecule has 1 aromatic heterocycles. The molecule has 2 aromatic rings. The van der Waals surface area contributed by atoms with Crippen molar-refractivity contribution in [1.82, 2.24) is 57.8 Å². The summed E-state index contributed by atoms with van der Waals surface area (Å²) in [7, 11) is 0. The second kappa shape index (κ2) is 35.3. The van der Waals surface area contributed by atoms with Crippen molar-refractivity contribution in [3.63, 3.8) is 0 Å². The number of unbranched alkanes of at least 4 members (excludes halogenated alkanes) is 1. The second-order valence-electron chi connectivity index (χ2n) is 19.6. The summed E-state index contributed by atoms with van der Waals surface area (Å²) in [5.74, 6) is -11.1. The smallest absolute Gasteiger partial charge is 0.305 e. The van der Waals surface area contributed by atoms with Gasteiger partial charge in [0.05, 0.1) is 38.0 Å². The van der Waals surface area contributed by atoms with Gasteiger partial charge in [-0.25, -0.2) is 4.98 Å². The summed E-state index contributed by atoms with van der Waals surface area (Å²) < 4.78 is 0. The maximum Gasteiger partial charge on any atom is 0.305 e. The summed E-state index contributed by atoms with van der Waals surface area (Å²) >= 11 is 1.45. The number of aliphatic hydroxyl groups excluding tert-OH is 2. The van der Waals surface area contributed by atoms with Gasteiger partial charge in [0, 0.05) is 24.7 Å². The lowest BCUT2D eigenvalue weighted by Gasteiger charge is -2.28. The van der Waals surface area contributed by atoms with Crippen LogP contribution >= 0.6 is 11.8 Å². The number of imidazole rings is 1. The van der Waals surface area contributed by atoms with Crippen LogP contribution in [0.25, 0.3) is 0 Å². The largest absolute Gasteiger partial charge is 0.481 e. The molecule has 0 saturated carbocycles. The lowest BCUT2D eigenvalue weighted by Crippen LogP contribution is -2.62. The van der Waals surface area contributed by atoms with Gasteiger partial charge < -0.3 is 85.4 Å². The Morgan fingerprint density at radius 1 is 0.658 bits per heavy atom. The van der Waals surface area contributed by atoms with E-state index in [1.165, 1.54) is 24.3 Å². The molecule has 0 aliphatic rings. The molecule has 29 heteroatoms. The van der Waals surface area contributed by atoms with Gasteiger partial charge >= 0.3 is 5.97 Å². The number of amides is 10. The Balaban J connectivity index is 2.27. The molecular formula is C50H80N14O14S. The zero-order valence-corrected chi connectivity index (χ0v) is 46.2. The number of nitrogens with two attached hydrogens (primary N) is 3. The standard InChI is InChI=1S/C50H80N14O14S/c1-26(2)18-34(45(73)58-32(42(53)70)15-17-79-6)57-38(67)23-55-49(77)40(27(3)4)63-47(75)35(19-29-12-8-7-9-13-29)60-48(76)37(24-65)62-46(74)36(21-39(68)69)61-50(78)41(28(5)66)64-44(72)33(14-10-11-16-51)59-43(71)31(52)20-30-22-54-25-56-30/h7-9,12-13,22,25-28,31-37,40-41,65-66H,10-11,14-21,23-24,51-52H2,1-6H3,(H2,53,70)(H,54,56)(H,55,77)(H,57,67)(H,58,73)(H,59,71)(H,60,76)(H,61,78)(H,62,74)(H,63,75)(H,64,72)(H,68,69)/t28-,31-,32-,33-,34-,35+,36+,37-,40-,41+/m1/s1. The summed E-state index contributed by atoms with van der Waals surface area (Å²) in [6, 6.07) is -4.78. The van der Waals surface area contributed by atoms with Crippen molar-refractivity contribution in [2.24, 2.45) is 29.0 Å². The third-order valence-electron chi connectivity index (χ3n) is 12.0. The van der Waals surface area contributed by atoms with Gasteiger partial charge in [-0.1, -0.05) is 58.0 Å². The number of H-pyrrole nitrogens is 1. The van der Waals surface area contributed by atoms with Crippen molar-refractivity contribution >= 4 is 76.8 Å². The van der Waals surface area contributed by atoms with E-state index in [2.05, 4.69) is 57.8 Å². The van der Waals surface area contributed by atoms with E-state index in [9.17, 15) is 68.1 Å². The van der Waals surface area contributed by atoms with Crippen molar-refractivity contribution < 1.29 is 68.1 Å². The molecule has 1 heterocycles. The van der Waals surface area contributed by atoms with E-state index in [1.807, 2.05) is 20.1 Å². The average Bonchev–Trinajstić information content (AvgIpc) is 3.90. The van der Waals surface area contributed by atoms with Gasteiger partial charge in [-0.15, -0.1) is 0 Å². The number of aliphatic hydroxyl groups is 2. The molecule has 19 N–H and O–H groups in total. The van der Waals surface area contributed by atoms with Crippen molar-refractivity contribution in [2.75, 3.05) is 31.7 Å². The third kappa shape index (κ3) is 25.0. The molecule has 0 aliphatic carbocycles. The number of thioether (sulfide) groups is 1. The van der Waals surface area contributed by atoms with E-state index < -0.39 is 151 Å². The quantitative estimate of drug-likeness (QED) is 0.0283. The molecule has 0 fully saturated rings. The van der Waals surface area contributed by atoms with Gasteiger partial charge in [0.25, 0.3) is 0 Å². The molecule has 0 aliphatic heterocycles. The van der Waals surface area contributed by atoms with Gasteiger partial charge in [-0.05, 0) is 75.0 Å². The summed E-state index contributed by atoms with van der Waals surface area (Å²) in [4.78, 5) is 153. The van der Waals surface area contributed by atoms with E-state index in [1.54, 1.807) is 44.2 Å².